The molecule has 0 spiro atoms. The molecule has 4 N–H and O–H groups in total. The van der Waals surface area contributed by atoms with Gasteiger partial charge in [-0.15, -0.1) is 0 Å². The fraction of sp³-hybridized carbons (Fsp3) is 0.583. The molecular formula is C12H17N3O4. The highest BCUT2D eigenvalue weighted by Gasteiger charge is 2.30. The van der Waals surface area contributed by atoms with Gasteiger partial charge in [0.15, 0.2) is 5.69 Å². The number of aryl methyl sites for hydroxylation is 1. The van der Waals surface area contributed by atoms with Crippen LogP contribution in [-0.2, 0) is 17.8 Å². The Morgan fingerprint density at radius 3 is 2.74 bits per heavy atom. The molecule has 0 amide bonds. The number of nitrogens with two attached hydrogens (primary N) is 1. The van der Waals surface area contributed by atoms with Crippen LogP contribution in [0.2, 0.25) is 0 Å². The lowest BCUT2D eigenvalue weighted by Gasteiger charge is -2.22. The van der Waals surface area contributed by atoms with E-state index in [2.05, 4.69) is 5.10 Å². The van der Waals surface area contributed by atoms with E-state index in [1.54, 1.807) is 0 Å². The molecule has 19 heavy (non-hydrogen) atoms. The first-order chi connectivity index (χ1) is 9.04. The second kappa shape index (κ2) is 5.40. The van der Waals surface area contributed by atoms with Gasteiger partial charge in [-0.2, -0.15) is 5.10 Å². The summed E-state index contributed by atoms with van der Waals surface area (Å²) in [6.45, 7) is 0.583. The van der Waals surface area contributed by atoms with Crippen molar-refractivity contribution in [3.8, 4) is 0 Å². The SMILES string of the molecule is NCC1CCCc2c1c(C(=O)O)nn2CCC(=O)O. The van der Waals surface area contributed by atoms with E-state index in [1.165, 1.54) is 4.68 Å². The van der Waals surface area contributed by atoms with Gasteiger partial charge < -0.3 is 15.9 Å². The van der Waals surface area contributed by atoms with Crippen molar-refractivity contribution in [1.82, 2.24) is 9.78 Å². The lowest BCUT2D eigenvalue weighted by Crippen LogP contribution is -2.20. The quantitative estimate of drug-likeness (QED) is 0.712. The third-order valence-electron chi connectivity index (χ3n) is 3.50. The van der Waals surface area contributed by atoms with Gasteiger partial charge in [-0.05, 0) is 25.8 Å². The molecule has 7 nitrogen and oxygen atoms in total. The van der Waals surface area contributed by atoms with E-state index in [4.69, 9.17) is 10.8 Å². The number of hydrogen-bond acceptors (Lipinski definition) is 4. The van der Waals surface area contributed by atoms with Crippen molar-refractivity contribution in [1.29, 1.82) is 0 Å². The van der Waals surface area contributed by atoms with Gasteiger partial charge in [0.2, 0.25) is 0 Å². The van der Waals surface area contributed by atoms with Crippen LogP contribution in [0.1, 0.15) is 46.9 Å². The number of aromatic nitrogens is 2. The van der Waals surface area contributed by atoms with E-state index in [1.807, 2.05) is 0 Å². The van der Waals surface area contributed by atoms with Crippen LogP contribution < -0.4 is 5.73 Å². The zero-order valence-corrected chi connectivity index (χ0v) is 10.5. The molecule has 7 heteroatoms. The Kier molecular flexibility index (Phi) is 3.84. The Morgan fingerprint density at radius 2 is 2.16 bits per heavy atom. The van der Waals surface area contributed by atoms with Crippen molar-refractivity contribution in [3.63, 3.8) is 0 Å². The number of rotatable bonds is 5. The Labute approximate surface area is 110 Å². The minimum absolute atomic E-state index is 0.00780. The van der Waals surface area contributed by atoms with Crippen molar-refractivity contribution >= 4 is 11.9 Å². The van der Waals surface area contributed by atoms with Crippen LogP contribution in [0.3, 0.4) is 0 Å². The number of carboxylic acid groups (broad SMARTS) is 2. The Morgan fingerprint density at radius 1 is 1.42 bits per heavy atom. The number of aliphatic carboxylic acids is 1. The maximum atomic E-state index is 11.3. The maximum Gasteiger partial charge on any atom is 0.356 e. The maximum absolute atomic E-state index is 11.3. The van der Waals surface area contributed by atoms with Gasteiger partial charge in [0.1, 0.15) is 0 Å². The summed E-state index contributed by atoms with van der Waals surface area (Å²) in [5, 5.41) is 22.0. The molecule has 0 aliphatic heterocycles. The smallest absolute Gasteiger partial charge is 0.356 e. The van der Waals surface area contributed by atoms with E-state index in [0.717, 1.165) is 25.0 Å². The fourth-order valence-electron chi connectivity index (χ4n) is 2.64. The van der Waals surface area contributed by atoms with Crippen LogP contribution in [0, 0.1) is 0 Å². The molecular weight excluding hydrogens is 250 g/mol. The lowest BCUT2D eigenvalue weighted by molar-refractivity contribution is -0.137. The van der Waals surface area contributed by atoms with Crippen LogP contribution in [0.5, 0.6) is 0 Å². The molecule has 0 saturated heterocycles. The molecule has 1 aliphatic carbocycles. The molecule has 0 saturated carbocycles. The number of carboxylic acids is 2. The van der Waals surface area contributed by atoms with Crippen molar-refractivity contribution in [2.75, 3.05) is 6.54 Å². The topological polar surface area (TPSA) is 118 Å². The molecule has 0 radical (unpaired) electrons. The average molecular weight is 267 g/mol. The molecule has 1 aliphatic rings. The second-order valence-electron chi connectivity index (χ2n) is 4.71. The van der Waals surface area contributed by atoms with Gasteiger partial charge in [-0.1, -0.05) is 0 Å². The molecule has 1 atom stereocenters. The van der Waals surface area contributed by atoms with Crippen LogP contribution in [-0.4, -0.2) is 38.5 Å². The van der Waals surface area contributed by atoms with Crippen LogP contribution in [0.4, 0.5) is 0 Å². The Hall–Kier alpha value is -1.89. The Bertz CT molecular complexity index is 509. The van der Waals surface area contributed by atoms with E-state index >= 15 is 0 Å². The van der Waals surface area contributed by atoms with Gasteiger partial charge in [0.25, 0.3) is 0 Å². The molecule has 2 rings (SSSR count). The molecule has 0 bridgehead atoms. The van der Waals surface area contributed by atoms with Crippen molar-refractivity contribution in [2.24, 2.45) is 5.73 Å². The number of hydrogen-bond donors (Lipinski definition) is 3. The molecule has 1 aromatic rings. The van der Waals surface area contributed by atoms with Crippen LogP contribution in [0.15, 0.2) is 0 Å². The van der Waals surface area contributed by atoms with E-state index < -0.39 is 11.9 Å². The predicted molar refractivity (Wildman–Crippen MR) is 66.2 cm³/mol. The zero-order valence-electron chi connectivity index (χ0n) is 10.5. The highest BCUT2D eigenvalue weighted by molar-refractivity contribution is 5.87. The zero-order chi connectivity index (χ0) is 14.0. The number of nitrogens with zero attached hydrogens (tertiary/aromatic N) is 2. The summed E-state index contributed by atoms with van der Waals surface area (Å²) >= 11 is 0. The largest absolute Gasteiger partial charge is 0.481 e. The van der Waals surface area contributed by atoms with Crippen molar-refractivity contribution < 1.29 is 19.8 Å². The standard InChI is InChI=1S/C12H17N3O4/c13-6-7-2-1-3-8-10(7)11(12(18)19)14-15(8)5-4-9(16)17/h7H,1-6,13H2,(H,16,17)(H,18,19). The molecule has 1 unspecified atom stereocenters. The minimum atomic E-state index is -1.08. The van der Waals surface area contributed by atoms with Gasteiger partial charge in [0, 0.05) is 17.2 Å². The first-order valence-corrected chi connectivity index (χ1v) is 6.29. The predicted octanol–water partition coefficient (Wildman–Crippen LogP) is 0.435. The molecule has 104 valence electrons. The van der Waals surface area contributed by atoms with E-state index in [0.29, 0.717) is 12.1 Å². The summed E-state index contributed by atoms with van der Waals surface area (Å²) in [7, 11) is 0. The lowest BCUT2D eigenvalue weighted by atomic mass is 9.85. The van der Waals surface area contributed by atoms with Gasteiger partial charge in [-0.25, -0.2) is 4.79 Å². The van der Waals surface area contributed by atoms with Gasteiger partial charge >= 0.3 is 11.9 Å². The number of fused-ring (bicyclic) bond motifs is 1. The summed E-state index contributed by atoms with van der Waals surface area (Å²) in [4.78, 5) is 21.9. The molecule has 1 aromatic heterocycles. The van der Waals surface area contributed by atoms with Crippen LogP contribution in [0.25, 0.3) is 0 Å². The fourth-order valence-corrected chi connectivity index (χ4v) is 2.64. The van der Waals surface area contributed by atoms with E-state index in [9.17, 15) is 14.7 Å². The monoisotopic (exact) mass is 267 g/mol. The summed E-state index contributed by atoms with van der Waals surface area (Å²) in [6.07, 6.45) is 2.44. The Balaban J connectivity index is 2.40. The highest BCUT2D eigenvalue weighted by Crippen LogP contribution is 2.33. The summed E-state index contributed by atoms with van der Waals surface area (Å²) in [6, 6.07) is 0. The van der Waals surface area contributed by atoms with Crippen molar-refractivity contribution in [3.05, 3.63) is 17.0 Å². The second-order valence-corrected chi connectivity index (χ2v) is 4.71. The third kappa shape index (κ3) is 2.60. The van der Waals surface area contributed by atoms with Gasteiger partial charge in [0.05, 0.1) is 13.0 Å². The molecule has 0 fully saturated rings. The summed E-state index contributed by atoms with van der Waals surface area (Å²) in [5.41, 5.74) is 7.25. The number of aromatic carboxylic acids is 1. The normalized spacial score (nSPS) is 18.1. The first-order valence-electron chi connectivity index (χ1n) is 6.29. The van der Waals surface area contributed by atoms with Crippen molar-refractivity contribution in [2.45, 2.75) is 38.1 Å². The highest BCUT2D eigenvalue weighted by atomic mass is 16.4. The molecule has 0 aromatic carbocycles. The number of carbonyl (C=O) groups is 2. The molecule has 1 heterocycles. The van der Waals surface area contributed by atoms with Gasteiger partial charge in [-0.3, -0.25) is 9.48 Å². The van der Waals surface area contributed by atoms with E-state index in [-0.39, 0.29) is 24.6 Å². The average Bonchev–Trinajstić information content (AvgIpc) is 2.75. The summed E-state index contributed by atoms with van der Waals surface area (Å²) in [5.74, 6) is -1.99. The summed E-state index contributed by atoms with van der Waals surface area (Å²) < 4.78 is 1.52. The van der Waals surface area contributed by atoms with Crippen LogP contribution >= 0.6 is 0 Å². The first kappa shape index (κ1) is 13.5. The third-order valence-corrected chi connectivity index (χ3v) is 3.50. The minimum Gasteiger partial charge on any atom is -0.481 e.